The Balaban J connectivity index is 1.24. The summed E-state index contributed by atoms with van der Waals surface area (Å²) < 4.78 is 14.2. The Bertz CT molecular complexity index is 2160. The van der Waals surface area contributed by atoms with E-state index in [2.05, 4.69) is 20.4 Å². The minimum absolute atomic E-state index is 0.0575. The Morgan fingerprint density at radius 1 is 1.08 bits per heavy atom. The number of rotatable bonds is 7. The van der Waals surface area contributed by atoms with E-state index in [9.17, 15) is 19.5 Å². The number of ether oxygens (including phenoxy) is 1. The Hall–Kier alpha value is -5.57. The van der Waals surface area contributed by atoms with E-state index in [0.717, 1.165) is 16.5 Å². The van der Waals surface area contributed by atoms with Crippen molar-refractivity contribution in [1.82, 2.24) is 34.0 Å². The SMILES string of the molecule is CCc1c(N2CCN(C(=O)c3ncnc(C)c3O)CC2)c(=O)n2nc(C3=CCOCC3)nc2n1CC(=O)Nc1ccc(C)c2ccoc12. The van der Waals surface area contributed by atoms with Gasteiger partial charge in [0.15, 0.2) is 22.9 Å². The molecule has 0 saturated carbocycles. The largest absolute Gasteiger partial charge is 0.504 e. The smallest absolute Gasteiger partial charge is 0.299 e. The van der Waals surface area contributed by atoms with Crippen LogP contribution in [0.25, 0.3) is 22.3 Å². The van der Waals surface area contributed by atoms with Gasteiger partial charge in [0.1, 0.15) is 18.6 Å². The van der Waals surface area contributed by atoms with Crippen molar-refractivity contribution in [2.24, 2.45) is 0 Å². The molecule has 48 heavy (non-hydrogen) atoms. The molecule has 15 nitrogen and oxygen atoms in total. The van der Waals surface area contributed by atoms with Crippen LogP contribution in [-0.2, 0) is 22.5 Å². The minimum atomic E-state index is -0.412. The molecule has 2 aliphatic heterocycles. The summed E-state index contributed by atoms with van der Waals surface area (Å²) >= 11 is 0. The topological polar surface area (TPSA) is 173 Å². The van der Waals surface area contributed by atoms with Crippen molar-refractivity contribution >= 4 is 45.5 Å². The van der Waals surface area contributed by atoms with E-state index in [-0.39, 0.29) is 48.3 Å². The number of piperazine rings is 1. The van der Waals surface area contributed by atoms with Crippen LogP contribution >= 0.6 is 0 Å². The number of carbonyl (C=O) groups excluding carboxylic acids is 2. The number of anilines is 2. The third-order valence-corrected chi connectivity index (χ3v) is 8.91. The maximum Gasteiger partial charge on any atom is 0.299 e. The Morgan fingerprint density at radius 2 is 1.90 bits per heavy atom. The molecule has 0 radical (unpaired) electrons. The third-order valence-electron chi connectivity index (χ3n) is 8.91. The number of aryl methyl sites for hydroxylation is 2. The van der Waals surface area contributed by atoms with Gasteiger partial charge in [-0.15, -0.1) is 5.10 Å². The Labute approximate surface area is 274 Å². The number of amides is 2. The molecule has 0 unspecified atom stereocenters. The predicted octanol–water partition coefficient (Wildman–Crippen LogP) is 2.72. The summed E-state index contributed by atoms with van der Waals surface area (Å²) in [4.78, 5) is 57.4. The van der Waals surface area contributed by atoms with Crippen molar-refractivity contribution < 1.29 is 23.8 Å². The van der Waals surface area contributed by atoms with E-state index < -0.39 is 5.91 Å². The fourth-order valence-electron chi connectivity index (χ4n) is 6.34. The van der Waals surface area contributed by atoms with Crippen molar-refractivity contribution in [2.45, 2.75) is 40.2 Å². The van der Waals surface area contributed by atoms with Crippen molar-refractivity contribution in [2.75, 3.05) is 49.6 Å². The Morgan fingerprint density at radius 3 is 2.65 bits per heavy atom. The predicted molar refractivity (Wildman–Crippen MR) is 176 cm³/mol. The second-order valence-corrected chi connectivity index (χ2v) is 11.8. The van der Waals surface area contributed by atoms with Crippen molar-refractivity contribution in [3.05, 3.63) is 75.7 Å². The number of aromatic nitrogens is 6. The summed E-state index contributed by atoms with van der Waals surface area (Å²) in [6.07, 6.45) is 5.77. The molecule has 0 spiro atoms. The van der Waals surface area contributed by atoms with Crippen LogP contribution in [0.15, 0.2) is 46.1 Å². The lowest BCUT2D eigenvalue weighted by molar-refractivity contribution is -0.116. The van der Waals surface area contributed by atoms with Crippen molar-refractivity contribution in [3.63, 3.8) is 0 Å². The highest BCUT2D eigenvalue weighted by molar-refractivity contribution is 6.00. The fraction of sp³-hybridized carbons (Fsp3) is 0.364. The molecule has 5 aromatic rings. The van der Waals surface area contributed by atoms with Crippen LogP contribution in [0.5, 0.6) is 5.75 Å². The molecule has 2 N–H and O–H groups in total. The second kappa shape index (κ2) is 12.6. The molecule has 248 valence electrons. The molecule has 7 rings (SSSR count). The average molecular weight is 654 g/mol. The van der Waals surface area contributed by atoms with Gasteiger partial charge in [0, 0.05) is 31.6 Å². The van der Waals surface area contributed by atoms with Crippen molar-refractivity contribution in [1.29, 1.82) is 0 Å². The summed E-state index contributed by atoms with van der Waals surface area (Å²) in [6, 6.07) is 5.59. The quantitative estimate of drug-likeness (QED) is 0.264. The molecular formula is C33H35N9O6. The first kappa shape index (κ1) is 31.1. The van der Waals surface area contributed by atoms with E-state index in [1.54, 1.807) is 22.7 Å². The lowest BCUT2D eigenvalue weighted by Crippen LogP contribution is -2.51. The molecule has 15 heteroatoms. The second-order valence-electron chi connectivity index (χ2n) is 11.8. The van der Waals surface area contributed by atoms with Crippen molar-refractivity contribution in [3.8, 4) is 5.75 Å². The van der Waals surface area contributed by atoms with Crippen LogP contribution in [-0.4, -0.2) is 90.3 Å². The monoisotopic (exact) mass is 653 g/mol. The van der Waals surface area contributed by atoms with E-state index >= 15 is 0 Å². The van der Waals surface area contributed by atoms with Gasteiger partial charge in [-0.05, 0) is 50.0 Å². The zero-order chi connectivity index (χ0) is 33.5. The van der Waals surface area contributed by atoms with Crippen LogP contribution in [0.4, 0.5) is 11.4 Å². The number of aromatic hydroxyl groups is 1. The number of furan rings is 1. The molecule has 6 heterocycles. The molecule has 4 aromatic heterocycles. The van der Waals surface area contributed by atoms with Gasteiger partial charge >= 0.3 is 0 Å². The summed E-state index contributed by atoms with van der Waals surface area (Å²) in [5.74, 6) is -0.313. The first-order valence-corrected chi connectivity index (χ1v) is 15.9. The highest BCUT2D eigenvalue weighted by Gasteiger charge is 2.31. The number of fused-ring (bicyclic) bond motifs is 2. The van der Waals surface area contributed by atoms with E-state index in [1.165, 1.54) is 10.8 Å². The molecule has 1 aromatic carbocycles. The number of nitrogens with one attached hydrogen (secondary N) is 1. The number of hydrogen-bond donors (Lipinski definition) is 2. The van der Waals surface area contributed by atoms with Gasteiger partial charge < -0.3 is 33.9 Å². The Kier molecular flexibility index (Phi) is 8.12. The third kappa shape index (κ3) is 5.45. The summed E-state index contributed by atoms with van der Waals surface area (Å²) in [6.45, 7) is 7.54. The zero-order valence-electron chi connectivity index (χ0n) is 26.9. The normalized spacial score (nSPS) is 15.3. The standard InChI is InChI=1S/C33H35N9O6/c1-4-24-27(39-10-12-40(13-11-39)31(45)26-28(44)20(3)34-18-35-26)32(46)42-33(37-30(38-42)21-7-14-47-15-8-21)41(24)17-25(43)36-23-6-5-19(2)22-9-16-48-29(22)23/h5-7,9,16,18,44H,4,8,10-15,17H2,1-3H3,(H,36,43). The molecule has 0 atom stereocenters. The average Bonchev–Trinajstić information content (AvgIpc) is 3.78. The number of hydrogen-bond acceptors (Lipinski definition) is 11. The van der Waals surface area contributed by atoms with Gasteiger partial charge in [0.05, 0.1) is 36.6 Å². The highest BCUT2D eigenvalue weighted by Crippen LogP contribution is 2.29. The van der Waals surface area contributed by atoms with Crippen LogP contribution < -0.4 is 15.8 Å². The minimum Gasteiger partial charge on any atom is -0.504 e. The van der Waals surface area contributed by atoms with Gasteiger partial charge in [0.2, 0.25) is 11.7 Å². The molecule has 2 aliphatic rings. The molecule has 0 bridgehead atoms. The molecule has 2 amide bonds. The first-order chi connectivity index (χ1) is 23.2. The summed E-state index contributed by atoms with van der Waals surface area (Å²) in [5.41, 5.74) is 3.95. The molecule has 0 aliphatic carbocycles. The number of benzene rings is 1. The fourth-order valence-corrected chi connectivity index (χ4v) is 6.34. The zero-order valence-corrected chi connectivity index (χ0v) is 26.9. The van der Waals surface area contributed by atoms with Crippen LogP contribution in [0.3, 0.4) is 0 Å². The van der Waals surface area contributed by atoms with Crippen LogP contribution in [0.1, 0.15) is 46.6 Å². The summed E-state index contributed by atoms with van der Waals surface area (Å²) in [5, 5.41) is 18.9. The van der Waals surface area contributed by atoms with E-state index in [1.807, 2.05) is 43.0 Å². The van der Waals surface area contributed by atoms with Crippen LogP contribution in [0, 0.1) is 13.8 Å². The summed E-state index contributed by atoms with van der Waals surface area (Å²) in [7, 11) is 0. The van der Waals surface area contributed by atoms with Gasteiger partial charge in [-0.2, -0.15) is 9.50 Å². The van der Waals surface area contributed by atoms with Gasteiger partial charge in [-0.25, -0.2) is 9.97 Å². The first-order valence-electron chi connectivity index (χ1n) is 15.9. The lowest BCUT2D eigenvalue weighted by Gasteiger charge is -2.36. The van der Waals surface area contributed by atoms with Gasteiger partial charge in [0.25, 0.3) is 11.5 Å². The maximum atomic E-state index is 14.2. The molecule has 1 fully saturated rings. The van der Waals surface area contributed by atoms with Crippen LogP contribution in [0.2, 0.25) is 0 Å². The number of nitrogens with zero attached hydrogens (tertiary/aromatic N) is 8. The van der Waals surface area contributed by atoms with Gasteiger partial charge in [-0.1, -0.05) is 19.1 Å². The lowest BCUT2D eigenvalue weighted by atomic mass is 10.1. The van der Waals surface area contributed by atoms with E-state index in [4.69, 9.17) is 14.1 Å². The molecular weight excluding hydrogens is 618 g/mol. The highest BCUT2D eigenvalue weighted by atomic mass is 16.5. The van der Waals surface area contributed by atoms with E-state index in [0.29, 0.717) is 73.3 Å². The van der Waals surface area contributed by atoms with Gasteiger partial charge in [-0.3, -0.25) is 14.4 Å². The molecule has 1 saturated heterocycles. The maximum absolute atomic E-state index is 14.2. The number of carbonyl (C=O) groups is 2.